The summed E-state index contributed by atoms with van der Waals surface area (Å²) >= 11 is 1.52. The van der Waals surface area contributed by atoms with E-state index in [9.17, 15) is 9.59 Å². The molecule has 0 saturated carbocycles. The van der Waals surface area contributed by atoms with E-state index < -0.39 is 0 Å². The number of carbonyl (C=O) groups is 2. The molecule has 10 heteroatoms. The molecule has 2 amide bonds. The fourth-order valence-corrected chi connectivity index (χ4v) is 5.60. The van der Waals surface area contributed by atoms with Gasteiger partial charge in [-0.15, -0.1) is 11.8 Å². The number of nitrogens with zero attached hydrogens (tertiary/aromatic N) is 4. The van der Waals surface area contributed by atoms with Crippen molar-refractivity contribution in [2.45, 2.75) is 38.0 Å². The lowest BCUT2D eigenvalue weighted by molar-refractivity contribution is -0.123. The first kappa shape index (κ1) is 26.5. The van der Waals surface area contributed by atoms with Crippen LogP contribution in [0.4, 0.5) is 5.82 Å². The van der Waals surface area contributed by atoms with Crippen LogP contribution in [0.5, 0.6) is 11.5 Å². The SMILES string of the molecule is COc1ccc(C2SCC(=O)N(CC(=O)NCc3ccccn3)c3c2c(C(C)(C)C)nn3C)cc1OC. The summed E-state index contributed by atoms with van der Waals surface area (Å²) in [7, 11) is 5.03. The standard InChI is InChI=1S/C27H33N5O4S/c1-27(2,3)25-23-24(17-10-11-19(35-5)20(13-17)36-6)37-16-22(34)32(26(23)31(4)30-25)15-21(33)29-14-18-9-7-8-12-28-18/h7-13,24H,14-16H2,1-6H3,(H,29,33). The van der Waals surface area contributed by atoms with Gasteiger partial charge in [-0.1, -0.05) is 32.9 Å². The first-order chi connectivity index (χ1) is 17.6. The molecular weight excluding hydrogens is 490 g/mol. The van der Waals surface area contributed by atoms with Gasteiger partial charge in [0, 0.05) is 24.2 Å². The predicted octanol–water partition coefficient (Wildman–Crippen LogP) is 3.62. The third-order valence-corrected chi connectivity index (χ3v) is 7.42. The van der Waals surface area contributed by atoms with Gasteiger partial charge in [-0.2, -0.15) is 5.10 Å². The van der Waals surface area contributed by atoms with Crippen molar-refractivity contribution in [1.29, 1.82) is 0 Å². The van der Waals surface area contributed by atoms with E-state index in [0.717, 1.165) is 22.5 Å². The van der Waals surface area contributed by atoms with Gasteiger partial charge in [0.15, 0.2) is 11.5 Å². The molecule has 1 aliphatic rings. The number of thioether (sulfide) groups is 1. The zero-order chi connectivity index (χ0) is 26.7. The maximum atomic E-state index is 13.4. The smallest absolute Gasteiger partial charge is 0.240 e. The van der Waals surface area contributed by atoms with E-state index in [1.807, 2.05) is 43.4 Å². The molecule has 0 aliphatic carbocycles. The molecule has 0 spiro atoms. The summed E-state index contributed by atoms with van der Waals surface area (Å²) in [5.41, 5.74) is 3.23. The summed E-state index contributed by atoms with van der Waals surface area (Å²) in [5.74, 6) is 1.68. The second-order valence-corrected chi connectivity index (χ2v) is 10.9. The third kappa shape index (κ3) is 5.58. The van der Waals surface area contributed by atoms with Crippen molar-refractivity contribution in [2.75, 3.05) is 31.4 Å². The van der Waals surface area contributed by atoms with Crippen molar-refractivity contribution >= 4 is 29.4 Å². The predicted molar refractivity (Wildman–Crippen MR) is 144 cm³/mol. The minimum absolute atomic E-state index is 0.110. The van der Waals surface area contributed by atoms with Gasteiger partial charge in [0.05, 0.1) is 43.2 Å². The average molecular weight is 524 g/mol. The summed E-state index contributed by atoms with van der Waals surface area (Å²) in [6.45, 7) is 6.48. The van der Waals surface area contributed by atoms with E-state index in [1.54, 1.807) is 30.0 Å². The number of pyridine rings is 1. The van der Waals surface area contributed by atoms with Gasteiger partial charge in [0.1, 0.15) is 12.4 Å². The molecule has 0 fully saturated rings. The van der Waals surface area contributed by atoms with Gasteiger partial charge in [-0.25, -0.2) is 0 Å². The Hall–Kier alpha value is -3.53. The third-order valence-electron chi connectivity index (χ3n) is 6.16. The quantitative estimate of drug-likeness (QED) is 0.505. The van der Waals surface area contributed by atoms with Crippen molar-refractivity contribution in [1.82, 2.24) is 20.1 Å². The lowest BCUT2D eigenvalue weighted by Crippen LogP contribution is -2.42. The maximum absolute atomic E-state index is 13.4. The van der Waals surface area contributed by atoms with Crippen LogP contribution in [0.1, 0.15) is 48.5 Å². The Kier molecular flexibility index (Phi) is 7.77. The van der Waals surface area contributed by atoms with Gasteiger partial charge >= 0.3 is 0 Å². The molecule has 0 bridgehead atoms. The Bertz CT molecular complexity index is 1290. The molecule has 3 aromatic rings. The highest BCUT2D eigenvalue weighted by Crippen LogP contribution is 2.48. The number of ether oxygens (including phenoxy) is 2. The Morgan fingerprint density at radius 3 is 2.57 bits per heavy atom. The molecule has 37 heavy (non-hydrogen) atoms. The number of rotatable bonds is 7. The first-order valence-corrected chi connectivity index (χ1v) is 13.1. The van der Waals surface area contributed by atoms with Crippen molar-refractivity contribution in [2.24, 2.45) is 7.05 Å². The molecular formula is C27H33N5O4S. The van der Waals surface area contributed by atoms with Crippen LogP contribution in [0.15, 0.2) is 42.6 Å². The number of benzene rings is 1. The molecule has 196 valence electrons. The summed E-state index contributed by atoms with van der Waals surface area (Å²) in [4.78, 5) is 32.2. The molecule has 2 aromatic heterocycles. The maximum Gasteiger partial charge on any atom is 0.240 e. The summed E-state index contributed by atoms with van der Waals surface area (Å²) in [6, 6.07) is 11.3. The van der Waals surface area contributed by atoms with E-state index in [4.69, 9.17) is 14.6 Å². The number of aryl methyl sites for hydroxylation is 1. The van der Waals surface area contributed by atoms with E-state index in [2.05, 4.69) is 31.1 Å². The second-order valence-electron chi connectivity index (χ2n) is 9.84. The normalized spacial score (nSPS) is 15.7. The lowest BCUT2D eigenvalue weighted by atomic mass is 9.87. The van der Waals surface area contributed by atoms with Gasteiger partial charge in [0.2, 0.25) is 11.8 Å². The van der Waals surface area contributed by atoms with Gasteiger partial charge in [0.25, 0.3) is 0 Å². The second kappa shape index (κ2) is 10.8. The summed E-state index contributed by atoms with van der Waals surface area (Å²) in [5, 5.41) is 7.55. The Morgan fingerprint density at radius 2 is 1.92 bits per heavy atom. The van der Waals surface area contributed by atoms with Crippen molar-refractivity contribution in [3.8, 4) is 11.5 Å². The van der Waals surface area contributed by atoms with Crippen LogP contribution in [0, 0.1) is 0 Å². The molecule has 1 aliphatic heterocycles. The molecule has 4 rings (SSSR count). The van der Waals surface area contributed by atoms with E-state index in [0.29, 0.717) is 17.3 Å². The highest BCUT2D eigenvalue weighted by atomic mass is 32.2. The number of hydrogen-bond donors (Lipinski definition) is 1. The number of nitrogens with one attached hydrogen (secondary N) is 1. The van der Waals surface area contributed by atoms with Gasteiger partial charge in [-0.3, -0.25) is 24.2 Å². The fraction of sp³-hybridized carbons (Fsp3) is 0.407. The summed E-state index contributed by atoms with van der Waals surface area (Å²) < 4.78 is 12.7. The monoisotopic (exact) mass is 523 g/mol. The highest BCUT2D eigenvalue weighted by molar-refractivity contribution is 8.00. The van der Waals surface area contributed by atoms with Crippen LogP contribution in [-0.4, -0.2) is 53.1 Å². The Labute approximate surface area is 221 Å². The van der Waals surface area contributed by atoms with Gasteiger partial charge in [-0.05, 0) is 29.8 Å². The average Bonchev–Trinajstić information content (AvgIpc) is 3.16. The molecule has 1 atom stereocenters. The van der Waals surface area contributed by atoms with Gasteiger partial charge < -0.3 is 14.8 Å². The van der Waals surface area contributed by atoms with Crippen LogP contribution in [0.3, 0.4) is 0 Å². The number of methoxy groups -OCH3 is 2. The minimum atomic E-state index is -0.291. The van der Waals surface area contributed by atoms with Crippen molar-refractivity contribution < 1.29 is 19.1 Å². The Balaban J connectivity index is 1.74. The van der Waals surface area contributed by atoms with Crippen LogP contribution in [0.25, 0.3) is 0 Å². The zero-order valence-electron chi connectivity index (χ0n) is 22.1. The van der Waals surface area contributed by atoms with E-state index in [1.165, 1.54) is 11.8 Å². The topological polar surface area (TPSA) is 98.6 Å². The number of aromatic nitrogens is 3. The summed E-state index contributed by atoms with van der Waals surface area (Å²) in [6.07, 6.45) is 1.68. The molecule has 1 aromatic carbocycles. The Morgan fingerprint density at radius 1 is 1.16 bits per heavy atom. The van der Waals surface area contributed by atoms with Crippen molar-refractivity contribution in [3.05, 3.63) is 65.1 Å². The lowest BCUT2D eigenvalue weighted by Gasteiger charge is -2.24. The minimum Gasteiger partial charge on any atom is -0.493 e. The molecule has 9 nitrogen and oxygen atoms in total. The first-order valence-electron chi connectivity index (χ1n) is 12.0. The van der Waals surface area contributed by atoms with E-state index in [-0.39, 0.29) is 41.3 Å². The molecule has 1 unspecified atom stereocenters. The number of hydrogen-bond acceptors (Lipinski definition) is 7. The van der Waals surface area contributed by atoms with E-state index >= 15 is 0 Å². The van der Waals surface area contributed by atoms with Crippen LogP contribution in [0.2, 0.25) is 0 Å². The fourth-order valence-electron chi connectivity index (χ4n) is 4.41. The number of anilines is 1. The van der Waals surface area contributed by atoms with Crippen LogP contribution in [-0.2, 0) is 28.6 Å². The highest BCUT2D eigenvalue weighted by Gasteiger charge is 2.39. The molecule has 0 saturated heterocycles. The van der Waals surface area contributed by atoms with Crippen LogP contribution >= 0.6 is 11.8 Å². The number of amides is 2. The van der Waals surface area contributed by atoms with Crippen molar-refractivity contribution in [3.63, 3.8) is 0 Å². The largest absolute Gasteiger partial charge is 0.493 e. The zero-order valence-corrected chi connectivity index (χ0v) is 22.9. The molecule has 0 radical (unpaired) electrons. The molecule has 1 N–H and O–H groups in total. The number of carbonyl (C=O) groups excluding carboxylic acids is 2. The molecule has 3 heterocycles. The van der Waals surface area contributed by atoms with Crippen LogP contribution < -0.4 is 19.7 Å². The number of fused-ring (bicyclic) bond motifs is 1.